The van der Waals surface area contributed by atoms with E-state index in [9.17, 15) is 0 Å². The van der Waals surface area contributed by atoms with Crippen LogP contribution in [0.4, 0.5) is 0 Å². The fourth-order valence-corrected chi connectivity index (χ4v) is 3.41. The zero-order chi connectivity index (χ0) is 13.0. The molecule has 1 saturated heterocycles. The largest absolute Gasteiger partial charge is 0.297 e. The summed E-state index contributed by atoms with van der Waals surface area (Å²) >= 11 is 3.55. The zero-order valence-corrected chi connectivity index (χ0v) is 13.1. The Morgan fingerprint density at radius 2 is 2.28 bits per heavy atom. The average Bonchev–Trinajstić information content (AvgIpc) is 2.97. The van der Waals surface area contributed by atoms with Crippen LogP contribution in [0.15, 0.2) is 6.07 Å². The normalized spacial score (nSPS) is 20.7. The molecule has 1 aromatic rings. The van der Waals surface area contributed by atoms with E-state index in [0.29, 0.717) is 0 Å². The van der Waals surface area contributed by atoms with Gasteiger partial charge in [-0.3, -0.25) is 9.58 Å². The summed E-state index contributed by atoms with van der Waals surface area (Å²) in [5.74, 6) is 0.882. The molecule has 1 unspecified atom stereocenters. The van der Waals surface area contributed by atoms with Crippen molar-refractivity contribution in [3.8, 4) is 0 Å². The van der Waals surface area contributed by atoms with Crippen LogP contribution in [0.25, 0.3) is 0 Å². The van der Waals surface area contributed by atoms with Gasteiger partial charge in [-0.25, -0.2) is 0 Å². The van der Waals surface area contributed by atoms with Gasteiger partial charge < -0.3 is 0 Å². The van der Waals surface area contributed by atoms with Crippen molar-refractivity contribution in [2.75, 3.05) is 18.4 Å². The summed E-state index contributed by atoms with van der Waals surface area (Å²) in [5.41, 5.74) is 2.61. The molecule has 0 saturated carbocycles. The highest BCUT2D eigenvalue weighted by molar-refractivity contribution is 9.09. The lowest BCUT2D eigenvalue weighted by atomic mass is 10.1. The van der Waals surface area contributed by atoms with Crippen molar-refractivity contribution in [2.24, 2.45) is 5.92 Å². The molecule has 18 heavy (non-hydrogen) atoms. The van der Waals surface area contributed by atoms with E-state index in [1.807, 2.05) is 0 Å². The van der Waals surface area contributed by atoms with Gasteiger partial charge >= 0.3 is 0 Å². The minimum absolute atomic E-state index is 0.882. The minimum atomic E-state index is 0.882. The smallest absolute Gasteiger partial charge is 0.0625 e. The first-order valence-corrected chi connectivity index (χ1v) is 8.22. The monoisotopic (exact) mass is 313 g/mol. The highest BCUT2D eigenvalue weighted by atomic mass is 79.9. The summed E-state index contributed by atoms with van der Waals surface area (Å²) < 4.78 is 2.16. The Kier molecular flexibility index (Phi) is 5.25. The van der Waals surface area contributed by atoms with Gasteiger partial charge in [-0.1, -0.05) is 22.9 Å². The quantitative estimate of drug-likeness (QED) is 0.753. The van der Waals surface area contributed by atoms with Gasteiger partial charge in [-0.05, 0) is 44.7 Å². The predicted octanol–water partition coefficient (Wildman–Crippen LogP) is 3.07. The number of aromatic nitrogens is 2. The Bertz CT molecular complexity index is 375. The van der Waals surface area contributed by atoms with Crippen molar-refractivity contribution in [1.29, 1.82) is 0 Å². The van der Waals surface area contributed by atoms with Gasteiger partial charge in [-0.2, -0.15) is 5.10 Å². The lowest BCUT2D eigenvalue weighted by Crippen LogP contribution is -2.22. The van der Waals surface area contributed by atoms with Gasteiger partial charge in [0.25, 0.3) is 0 Å². The minimum Gasteiger partial charge on any atom is -0.297 e. The third-order valence-electron chi connectivity index (χ3n) is 3.85. The molecule has 2 heterocycles. The van der Waals surface area contributed by atoms with Crippen molar-refractivity contribution >= 4 is 15.9 Å². The maximum atomic E-state index is 4.63. The summed E-state index contributed by atoms with van der Waals surface area (Å²) in [5, 5.41) is 5.76. The molecule has 0 bridgehead atoms. The Balaban J connectivity index is 1.95. The van der Waals surface area contributed by atoms with E-state index >= 15 is 0 Å². The van der Waals surface area contributed by atoms with Gasteiger partial charge in [0.15, 0.2) is 0 Å². The predicted molar refractivity (Wildman–Crippen MR) is 79.1 cm³/mol. The van der Waals surface area contributed by atoms with E-state index in [0.717, 1.165) is 30.8 Å². The van der Waals surface area contributed by atoms with E-state index in [1.165, 1.54) is 37.3 Å². The number of alkyl halides is 1. The third kappa shape index (κ3) is 3.35. The second-order valence-corrected chi connectivity index (χ2v) is 5.96. The third-order valence-corrected chi connectivity index (χ3v) is 4.31. The van der Waals surface area contributed by atoms with Gasteiger partial charge in [0, 0.05) is 25.0 Å². The number of nitrogens with zero attached hydrogens (tertiary/aromatic N) is 3. The van der Waals surface area contributed by atoms with Crippen molar-refractivity contribution in [1.82, 2.24) is 14.7 Å². The Morgan fingerprint density at radius 1 is 1.44 bits per heavy atom. The van der Waals surface area contributed by atoms with Gasteiger partial charge in [0.05, 0.1) is 11.4 Å². The van der Waals surface area contributed by atoms with Crippen LogP contribution in [-0.2, 0) is 19.5 Å². The van der Waals surface area contributed by atoms with Crippen LogP contribution in [0, 0.1) is 5.92 Å². The summed E-state index contributed by atoms with van der Waals surface area (Å²) in [6.07, 6.45) is 3.70. The number of hydrogen-bond acceptors (Lipinski definition) is 2. The molecule has 3 nitrogen and oxygen atoms in total. The fourth-order valence-electron chi connectivity index (χ4n) is 2.76. The molecule has 1 fully saturated rings. The van der Waals surface area contributed by atoms with Gasteiger partial charge in [-0.15, -0.1) is 0 Å². The van der Waals surface area contributed by atoms with Crippen LogP contribution in [0.3, 0.4) is 0 Å². The standard InChI is InChI=1S/C14H24BrN3/c1-3-13-9-14(18(4-2)16-13)11-17-8-6-12(10-17)5-7-15/h9,12H,3-8,10-11H2,1-2H3. The maximum absolute atomic E-state index is 4.63. The Hall–Kier alpha value is -0.350. The summed E-state index contributed by atoms with van der Waals surface area (Å²) in [6.45, 7) is 8.89. The van der Waals surface area contributed by atoms with E-state index in [1.54, 1.807) is 0 Å². The van der Waals surface area contributed by atoms with Crippen LogP contribution in [0.5, 0.6) is 0 Å². The summed E-state index contributed by atoms with van der Waals surface area (Å²) in [4.78, 5) is 2.58. The Morgan fingerprint density at radius 3 is 2.94 bits per heavy atom. The maximum Gasteiger partial charge on any atom is 0.0625 e. The first kappa shape index (κ1) is 14.1. The molecule has 0 N–H and O–H groups in total. The van der Waals surface area contributed by atoms with E-state index in [4.69, 9.17) is 0 Å². The van der Waals surface area contributed by atoms with E-state index in [2.05, 4.69) is 50.5 Å². The molecular weight excluding hydrogens is 290 g/mol. The number of hydrogen-bond donors (Lipinski definition) is 0. The highest BCUT2D eigenvalue weighted by Crippen LogP contribution is 2.22. The lowest BCUT2D eigenvalue weighted by Gasteiger charge is -2.16. The highest BCUT2D eigenvalue weighted by Gasteiger charge is 2.22. The number of aryl methyl sites for hydroxylation is 2. The first-order valence-electron chi connectivity index (χ1n) is 7.10. The number of halogens is 1. The molecule has 1 atom stereocenters. The van der Waals surface area contributed by atoms with Crippen molar-refractivity contribution < 1.29 is 0 Å². The van der Waals surface area contributed by atoms with E-state index in [-0.39, 0.29) is 0 Å². The number of rotatable bonds is 6. The second-order valence-electron chi connectivity index (χ2n) is 5.16. The molecule has 0 radical (unpaired) electrons. The molecule has 1 aromatic heterocycles. The average molecular weight is 314 g/mol. The number of likely N-dealkylation sites (tertiary alicyclic amines) is 1. The van der Waals surface area contributed by atoms with E-state index < -0.39 is 0 Å². The molecule has 4 heteroatoms. The first-order chi connectivity index (χ1) is 8.76. The SMILES string of the molecule is CCc1cc(CN2CCC(CCBr)C2)n(CC)n1. The molecule has 2 rings (SSSR count). The zero-order valence-electron chi connectivity index (χ0n) is 11.5. The molecule has 102 valence electrons. The van der Waals surface area contributed by atoms with Crippen LogP contribution in [-0.4, -0.2) is 33.1 Å². The molecule has 0 aromatic carbocycles. The lowest BCUT2D eigenvalue weighted by molar-refractivity contribution is 0.304. The Labute approximate surface area is 119 Å². The topological polar surface area (TPSA) is 21.1 Å². The summed E-state index contributed by atoms with van der Waals surface area (Å²) in [6, 6.07) is 2.28. The second kappa shape index (κ2) is 6.71. The van der Waals surface area contributed by atoms with Crippen molar-refractivity contribution in [3.63, 3.8) is 0 Å². The summed E-state index contributed by atoms with van der Waals surface area (Å²) in [7, 11) is 0. The van der Waals surface area contributed by atoms with Crippen LogP contribution in [0.2, 0.25) is 0 Å². The molecule has 1 aliphatic heterocycles. The molecule has 0 spiro atoms. The molecule has 0 amide bonds. The van der Waals surface area contributed by atoms with Crippen molar-refractivity contribution in [3.05, 3.63) is 17.5 Å². The molecule has 1 aliphatic rings. The van der Waals surface area contributed by atoms with Gasteiger partial charge in [0.1, 0.15) is 0 Å². The van der Waals surface area contributed by atoms with Crippen LogP contribution in [0.1, 0.15) is 38.1 Å². The van der Waals surface area contributed by atoms with Crippen molar-refractivity contribution in [2.45, 2.75) is 46.2 Å². The van der Waals surface area contributed by atoms with Crippen LogP contribution >= 0.6 is 15.9 Å². The van der Waals surface area contributed by atoms with Crippen LogP contribution < -0.4 is 0 Å². The molecular formula is C14H24BrN3. The molecule has 0 aliphatic carbocycles. The van der Waals surface area contributed by atoms with Gasteiger partial charge in [0.2, 0.25) is 0 Å². The fraction of sp³-hybridized carbons (Fsp3) is 0.786.